The Morgan fingerprint density at radius 1 is 1.07 bits per heavy atom. The number of benzene rings is 1. The maximum atomic E-state index is 14.7. The van der Waals surface area contributed by atoms with Crippen LogP contribution in [0.3, 0.4) is 0 Å². The zero-order chi connectivity index (χ0) is 21.7. The van der Waals surface area contributed by atoms with Crippen LogP contribution in [-0.4, -0.2) is 31.6 Å². The highest BCUT2D eigenvalue weighted by Gasteiger charge is 2.37. The molecule has 3 rings (SSSR count). The van der Waals surface area contributed by atoms with Gasteiger partial charge in [-0.15, -0.1) is 0 Å². The van der Waals surface area contributed by atoms with E-state index in [0.29, 0.717) is 31.2 Å². The summed E-state index contributed by atoms with van der Waals surface area (Å²) in [5.74, 6) is -3.82. The van der Waals surface area contributed by atoms with Gasteiger partial charge in [-0.25, -0.2) is 17.6 Å². The van der Waals surface area contributed by atoms with Gasteiger partial charge < -0.3 is 14.2 Å². The number of rotatable bonds is 7. The van der Waals surface area contributed by atoms with E-state index in [9.17, 15) is 17.6 Å². The molecule has 1 aromatic rings. The van der Waals surface area contributed by atoms with Crippen molar-refractivity contribution in [3.05, 3.63) is 41.0 Å². The summed E-state index contributed by atoms with van der Waals surface area (Å²) in [6, 6.07) is 3.63. The lowest BCUT2D eigenvalue weighted by atomic mass is 9.94. The van der Waals surface area contributed by atoms with Crippen LogP contribution in [0, 0.1) is 11.7 Å². The van der Waals surface area contributed by atoms with Crippen molar-refractivity contribution in [2.75, 3.05) is 19.8 Å². The molecule has 2 heterocycles. The van der Waals surface area contributed by atoms with Crippen molar-refractivity contribution in [1.29, 1.82) is 0 Å². The molecule has 2 saturated heterocycles. The molecule has 0 aromatic heterocycles. The quantitative estimate of drug-likeness (QED) is 0.457. The highest BCUT2D eigenvalue weighted by molar-refractivity contribution is 5.62. The van der Waals surface area contributed by atoms with Gasteiger partial charge in [0.1, 0.15) is 11.6 Å². The third-order valence-corrected chi connectivity index (χ3v) is 5.74. The molecule has 30 heavy (non-hydrogen) atoms. The van der Waals surface area contributed by atoms with E-state index in [1.165, 1.54) is 12.1 Å². The minimum Gasteiger partial charge on any atom is -0.377 e. The van der Waals surface area contributed by atoms with E-state index in [0.717, 1.165) is 18.9 Å². The molecular formula is C23H30F4O3. The van der Waals surface area contributed by atoms with E-state index in [2.05, 4.69) is 0 Å². The summed E-state index contributed by atoms with van der Waals surface area (Å²) < 4.78 is 74.7. The van der Waals surface area contributed by atoms with Gasteiger partial charge in [0, 0.05) is 17.0 Å². The van der Waals surface area contributed by atoms with Gasteiger partial charge in [0.15, 0.2) is 17.8 Å². The van der Waals surface area contributed by atoms with Gasteiger partial charge in [0.25, 0.3) is 0 Å². The Kier molecular flexibility index (Phi) is 7.93. The summed E-state index contributed by atoms with van der Waals surface area (Å²) in [5.41, 5.74) is -1.71. The molecule has 0 amide bonds. The molecule has 1 aromatic carbocycles. The first-order valence-electron chi connectivity index (χ1n) is 10.8. The average molecular weight is 430 g/mol. The Morgan fingerprint density at radius 2 is 1.80 bits per heavy atom. The first-order chi connectivity index (χ1) is 14.4. The lowest BCUT2D eigenvalue weighted by molar-refractivity contribution is -0.239. The Balaban J connectivity index is 1.67. The maximum absolute atomic E-state index is 14.7. The summed E-state index contributed by atoms with van der Waals surface area (Å²) in [5, 5.41) is 0. The Labute approximate surface area is 175 Å². The number of alkyl halides is 1. The van der Waals surface area contributed by atoms with Crippen molar-refractivity contribution in [1.82, 2.24) is 0 Å². The first-order valence-corrected chi connectivity index (χ1v) is 10.8. The van der Waals surface area contributed by atoms with E-state index >= 15 is 0 Å². The van der Waals surface area contributed by atoms with E-state index < -0.39 is 40.9 Å². The molecule has 0 saturated carbocycles. The SMILES string of the molecule is CCCC1CCC(C(F)=C(F)c2ccc(C3OCC(F)(CCC)CO3)cc2F)CO1. The maximum Gasteiger partial charge on any atom is 0.184 e. The third-order valence-electron chi connectivity index (χ3n) is 5.74. The third kappa shape index (κ3) is 5.42. The lowest BCUT2D eigenvalue weighted by Gasteiger charge is -2.34. The van der Waals surface area contributed by atoms with Crippen LogP contribution in [0.1, 0.15) is 69.8 Å². The summed E-state index contributed by atoms with van der Waals surface area (Å²) in [6.07, 6.45) is 3.10. The Hall–Kier alpha value is -1.44. The van der Waals surface area contributed by atoms with Gasteiger partial charge in [-0.1, -0.05) is 32.8 Å². The molecule has 7 heteroatoms. The number of halogens is 4. The van der Waals surface area contributed by atoms with Crippen LogP contribution < -0.4 is 0 Å². The second-order valence-electron chi connectivity index (χ2n) is 8.27. The van der Waals surface area contributed by atoms with Crippen LogP contribution in [0.4, 0.5) is 17.6 Å². The summed E-state index contributed by atoms with van der Waals surface area (Å²) >= 11 is 0. The van der Waals surface area contributed by atoms with Gasteiger partial charge in [-0.3, -0.25) is 0 Å². The molecular weight excluding hydrogens is 400 g/mol. The lowest BCUT2D eigenvalue weighted by Crippen LogP contribution is -2.41. The zero-order valence-corrected chi connectivity index (χ0v) is 17.6. The van der Waals surface area contributed by atoms with Crippen molar-refractivity contribution >= 4 is 5.83 Å². The minimum absolute atomic E-state index is 0.0778. The molecule has 0 N–H and O–H groups in total. The fourth-order valence-electron chi connectivity index (χ4n) is 4.04. The highest BCUT2D eigenvalue weighted by Crippen LogP contribution is 2.36. The van der Waals surface area contributed by atoms with Gasteiger partial charge in [-0.05, 0) is 37.8 Å². The molecule has 3 nitrogen and oxygen atoms in total. The Morgan fingerprint density at radius 3 is 2.37 bits per heavy atom. The van der Waals surface area contributed by atoms with Crippen LogP contribution in [0.25, 0.3) is 5.83 Å². The van der Waals surface area contributed by atoms with E-state index in [1.54, 1.807) is 0 Å². The topological polar surface area (TPSA) is 27.7 Å². The van der Waals surface area contributed by atoms with Gasteiger partial charge in [0.05, 0.1) is 25.9 Å². The molecule has 0 bridgehead atoms. The Bertz CT molecular complexity index is 736. The first kappa shape index (κ1) is 23.2. The second-order valence-corrected chi connectivity index (χ2v) is 8.27. The highest BCUT2D eigenvalue weighted by atomic mass is 19.2. The summed E-state index contributed by atoms with van der Waals surface area (Å²) in [7, 11) is 0. The number of hydrogen-bond donors (Lipinski definition) is 0. The monoisotopic (exact) mass is 430 g/mol. The molecule has 0 radical (unpaired) electrons. The van der Waals surface area contributed by atoms with Gasteiger partial charge in [-0.2, -0.15) is 0 Å². The van der Waals surface area contributed by atoms with Gasteiger partial charge >= 0.3 is 0 Å². The molecule has 2 fully saturated rings. The molecule has 2 atom stereocenters. The standard InChI is InChI=1S/C23H30F4O3/c1-3-5-17-8-6-16(12-28-17)20(25)21(26)18-9-7-15(11-19(18)24)22-29-13-23(27,10-4-2)14-30-22/h7,9,11,16-17,22H,3-6,8,10,12-14H2,1-2H3. The number of hydrogen-bond acceptors (Lipinski definition) is 3. The van der Waals surface area contributed by atoms with Gasteiger partial charge in [0.2, 0.25) is 0 Å². The fourth-order valence-corrected chi connectivity index (χ4v) is 4.04. The molecule has 2 aliphatic rings. The normalized spacial score (nSPS) is 30.8. The van der Waals surface area contributed by atoms with E-state index in [1.807, 2.05) is 13.8 Å². The molecule has 0 spiro atoms. The van der Waals surface area contributed by atoms with Crippen molar-refractivity contribution < 1.29 is 31.8 Å². The van der Waals surface area contributed by atoms with Crippen LogP contribution in [0.5, 0.6) is 0 Å². The molecule has 0 aliphatic carbocycles. The van der Waals surface area contributed by atoms with Crippen LogP contribution in [0.2, 0.25) is 0 Å². The number of ether oxygens (including phenoxy) is 3. The fraction of sp³-hybridized carbons (Fsp3) is 0.652. The molecule has 168 valence electrons. The predicted octanol–water partition coefficient (Wildman–Crippen LogP) is 6.58. The minimum atomic E-state index is -1.56. The zero-order valence-electron chi connectivity index (χ0n) is 17.6. The van der Waals surface area contributed by atoms with Crippen LogP contribution >= 0.6 is 0 Å². The largest absolute Gasteiger partial charge is 0.377 e. The van der Waals surface area contributed by atoms with E-state index in [4.69, 9.17) is 14.2 Å². The van der Waals surface area contributed by atoms with Crippen molar-refractivity contribution in [2.45, 2.75) is 70.4 Å². The smallest absolute Gasteiger partial charge is 0.184 e. The molecule has 2 aliphatic heterocycles. The van der Waals surface area contributed by atoms with Crippen molar-refractivity contribution in [3.8, 4) is 0 Å². The summed E-state index contributed by atoms with van der Waals surface area (Å²) in [6.45, 7) is 3.70. The van der Waals surface area contributed by atoms with Crippen molar-refractivity contribution in [2.24, 2.45) is 5.92 Å². The van der Waals surface area contributed by atoms with Crippen molar-refractivity contribution in [3.63, 3.8) is 0 Å². The van der Waals surface area contributed by atoms with E-state index in [-0.39, 0.29) is 25.9 Å². The average Bonchev–Trinajstić information content (AvgIpc) is 2.74. The second kappa shape index (κ2) is 10.2. The van der Waals surface area contributed by atoms with Crippen LogP contribution in [-0.2, 0) is 14.2 Å². The molecule has 2 unspecified atom stereocenters. The van der Waals surface area contributed by atoms with Crippen LogP contribution in [0.15, 0.2) is 24.0 Å². The summed E-state index contributed by atoms with van der Waals surface area (Å²) in [4.78, 5) is 0. The predicted molar refractivity (Wildman–Crippen MR) is 106 cm³/mol.